The summed E-state index contributed by atoms with van der Waals surface area (Å²) in [6.45, 7) is 1.78. The minimum atomic E-state index is -1.70. The Morgan fingerprint density at radius 2 is 2.00 bits per heavy atom. The van der Waals surface area contributed by atoms with Crippen LogP contribution in [0.25, 0.3) is 0 Å². The molecule has 1 unspecified atom stereocenters. The summed E-state index contributed by atoms with van der Waals surface area (Å²) in [4.78, 5) is 22.8. The highest BCUT2D eigenvalue weighted by molar-refractivity contribution is 7.98. The topological polar surface area (TPSA) is 75.5 Å². The average molecular weight is 331 g/mol. The molecule has 3 rings (SSSR count). The molecule has 1 amide bonds. The number of methoxy groups -OCH3 is 1. The lowest BCUT2D eigenvalue weighted by atomic mass is 10.0. The number of hydrogen-bond donors (Lipinski definition) is 1. The van der Waals surface area contributed by atoms with Crippen LogP contribution < -0.4 is 9.64 Å². The van der Waals surface area contributed by atoms with E-state index in [2.05, 4.69) is 9.97 Å². The number of fused-ring (bicyclic) bond motifs is 1. The number of aromatic nitrogens is 2. The number of ether oxygens (including phenoxy) is 1. The Labute approximate surface area is 138 Å². The summed E-state index contributed by atoms with van der Waals surface area (Å²) in [5.41, 5.74) is -0.432. The molecular formula is C16H17N3O3S. The Bertz CT molecular complexity index is 750. The van der Waals surface area contributed by atoms with E-state index in [1.807, 2.05) is 36.6 Å². The molecule has 0 fully saturated rings. The molecule has 0 radical (unpaired) electrons. The standard InChI is InChI=1S/C16H17N3O3S/c1-16(21)11-12(17-15(23-3)18-13(11)22-2)19(14(16)20)9-10-7-5-4-6-8-10/h4-8,21H,9H2,1-3H3. The fourth-order valence-electron chi connectivity index (χ4n) is 2.65. The molecule has 120 valence electrons. The van der Waals surface area contributed by atoms with Crippen LogP contribution >= 0.6 is 11.8 Å². The number of nitrogens with zero attached hydrogens (tertiary/aromatic N) is 3. The minimum absolute atomic E-state index is 0.230. The van der Waals surface area contributed by atoms with E-state index in [4.69, 9.17) is 4.74 Å². The van der Waals surface area contributed by atoms with Crippen LogP contribution in [0.5, 0.6) is 5.88 Å². The first-order valence-electron chi connectivity index (χ1n) is 7.07. The van der Waals surface area contributed by atoms with Crippen molar-refractivity contribution in [2.24, 2.45) is 0 Å². The summed E-state index contributed by atoms with van der Waals surface area (Å²) in [6.07, 6.45) is 1.84. The summed E-state index contributed by atoms with van der Waals surface area (Å²) >= 11 is 1.35. The lowest BCUT2D eigenvalue weighted by Gasteiger charge is -2.18. The molecule has 23 heavy (non-hydrogen) atoms. The largest absolute Gasteiger partial charge is 0.481 e. The maximum atomic E-state index is 12.7. The van der Waals surface area contributed by atoms with E-state index in [9.17, 15) is 9.90 Å². The van der Waals surface area contributed by atoms with E-state index in [0.29, 0.717) is 23.1 Å². The molecule has 0 saturated carbocycles. The van der Waals surface area contributed by atoms with Crippen LogP contribution in [0.4, 0.5) is 5.82 Å². The second-order valence-corrected chi connectivity index (χ2v) is 6.14. The zero-order chi connectivity index (χ0) is 16.6. The van der Waals surface area contributed by atoms with Crippen molar-refractivity contribution in [2.45, 2.75) is 24.2 Å². The van der Waals surface area contributed by atoms with E-state index in [-0.39, 0.29) is 5.88 Å². The van der Waals surface area contributed by atoms with Crippen LogP contribution in [0.2, 0.25) is 0 Å². The quantitative estimate of drug-likeness (QED) is 0.682. The maximum absolute atomic E-state index is 12.7. The van der Waals surface area contributed by atoms with Crippen LogP contribution in [0.1, 0.15) is 18.1 Å². The Hall–Kier alpha value is -2.12. The van der Waals surface area contributed by atoms with Gasteiger partial charge in [-0.1, -0.05) is 42.1 Å². The third-order valence-electron chi connectivity index (χ3n) is 3.80. The summed E-state index contributed by atoms with van der Waals surface area (Å²) in [5.74, 6) is 0.204. The molecule has 0 aliphatic carbocycles. The Kier molecular flexibility index (Phi) is 3.99. The fourth-order valence-corrected chi connectivity index (χ4v) is 3.00. The molecule has 0 saturated heterocycles. The molecule has 0 bridgehead atoms. The van der Waals surface area contributed by atoms with Crippen molar-refractivity contribution in [1.82, 2.24) is 9.97 Å². The van der Waals surface area contributed by atoms with Gasteiger partial charge in [0.2, 0.25) is 5.88 Å². The smallest absolute Gasteiger partial charge is 0.265 e. The minimum Gasteiger partial charge on any atom is -0.481 e. The second-order valence-electron chi connectivity index (χ2n) is 5.37. The van der Waals surface area contributed by atoms with Crippen molar-refractivity contribution in [3.8, 4) is 5.88 Å². The molecule has 1 N–H and O–H groups in total. The summed E-state index contributed by atoms with van der Waals surface area (Å²) in [5, 5.41) is 11.2. The first-order valence-corrected chi connectivity index (χ1v) is 8.30. The Balaban J connectivity index is 2.13. The van der Waals surface area contributed by atoms with Gasteiger partial charge in [0, 0.05) is 0 Å². The second kappa shape index (κ2) is 5.82. The van der Waals surface area contributed by atoms with Crippen molar-refractivity contribution in [1.29, 1.82) is 0 Å². The highest BCUT2D eigenvalue weighted by Crippen LogP contribution is 2.44. The lowest BCUT2D eigenvalue weighted by Crippen LogP contribution is -2.37. The zero-order valence-electron chi connectivity index (χ0n) is 13.1. The Morgan fingerprint density at radius 1 is 1.30 bits per heavy atom. The predicted molar refractivity (Wildman–Crippen MR) is 87.6 cm³/mol. The molecular weight excluding hydrogens is 314 g/mol. The van der Waals surface area contributed by atoms with Gasteiger partial charge in [-0.2, -0.15) is 4.98 Å². The van der Waals surface area contributed by atoms with Crippen molar-refractivity contribution in [2.75, 3.05) is 18.3 Å². The molecule has 2 heterocycles. The fraction of sp³-hybridized carbons (Fsp3) is 0.312. The van der Waals surface area contributed by atoms with Gasteiger partial charge in [0.1, 0.15) is 0 Å². The normalized spacial score (nSPS) is 19.8. The van der Waals surface area contributed by atoms with Gasteiger partial charge in [-0.25, -0.2) is 4.98 Å². The van der Waals surface area contributed by atoms with Crippen LogP contribution in [0.15, 0.2) is 35.5 Å². The summed E-state index contributed by atoms with van der Waals surface area (Å²) < 4.78 is 5.28. The first kappa shape index (κ1) is 15.8. The van der Waals surface area contributed by atoms with Crippen LogP contribution in [0, 0.1) is 0 Å². The number of thioether (sulfide) groups is 1. The van der Waals surface area contributed by atoms with Gasteiger partial charge in [0.15, 0.2) is 16.6 Å². The molecule has 7 heteroatoms. The number of carbonyl (C=O) groups excluding carboxylic acids is 1. The molecule has 1 aromatic heterocycles. The van der Waals surface area contributed by atoms with Crippen LogP contribution in [-0.4, -0.2) is 34.3 Å². The van der Waals surface area contributed by atoms with Gasteiger partial charge in [-0.3, -0.25) is 9.69 Å². The number of amides is 1. The third kappa shape index (κ3) is 2.55. The van der Waals surface area contributed by atoms with Crippen LogP contribution in [-0.2, 0) is 16.9 Å². The number of rotatable bonds is 4. The molecule has 1 aliphatic rings. The molecule has 1 aromatic carbocycles. The Morgan fingerprint density at radius 3 is 2.61 bits per heavy atom. The van der Waals surface area contributed by atoms with E-state index in [1.54, 1.807) is 0 Å². The van der Waals surface area contributed by atoms with Crippen LogP contribution in [0.3, 0.4) is 0 Å². The molecule has 1 aliphatic heterocycles. The maximum Gasteiger partial charge on any atom is 0.265 e. The highest BCUT2D eigenvalue weighted by Gasteiger charge is 2.50. The summed E-state index contributed by atoms with van der Waals surface area (Å²) in [7, 11) is 1.47. The zero-order valence-corrected chi connectivity index (χ0v) is 13.9. The van der Waals surface area contributed by atoms with Crippen molar-refractivity contribution in [3.63, 3.8) is 0 Å². The first-order chi connectivity index (χ1) is 11.0. The van der Waals surface area contributed by atoms with E-state index >= 15 is 0 Å². The lowest BCUT2D eigenvalue weighted by molar-refractivity contribution is -0.134. The molecule has 1 atom stereocenters. The molecule has 0 spiro atoms. The number of carbonyl (C=O) groups is 1. The predicted octanol–water partition coefficient (Wildman–Crippen LogP) is 1.96. The van der Waals surface area contributed by atoms with Crippen molar-refractivity contribution in [3.05, 3.63) is 41.5 Å². The molecule has 2 aromatic rings. The van der Waals surface area contributed by atoms with Gasteiger partial charge in [0.25, 0.3) is 5.91 Å². The number of aliphatic hydroxyl groups is 1. The highest BCUT2D eigenvalue weighted by atomic mass is 32.2. The van der Waals surface area contributed by atoms with Gasteiger partial charge in [-0.15, -0.1) is 0 Å². The van der Waals surface area contributed by atoms with Gasteiger partial charge in [0.05, 0.1) is 19.2 Å². The average Bonchev–Trinajstić information content (AvgIpc) is 2.76. The third-order valence-corrected chi connectivity index (χ3v) is 4.35. The van der Waals surface area contributed by atoms with E-state index < -0.39 is 11.5 Å². The van der Waals surface area contributed by atoms with E-state index in [1.165, 1.54) is 30.7 Å². The molecule has 6 nitrogen and oxygen atoms in total. The summed E-state index contributed by atoms with van der Waals surface area (Å²) in [6, 6.07) is 9.57. The van der Waals surface area contributed by atoms with Gasteiger partial charge in [-0.05, 0) is 18.7 Å². The SMILES string of the molecule is COc1nc(SC)nc2c1C(C)(O)C(=O)N2Cc1ccccc1. The van der Waals surface area contributed by atoms with Gasteiger partial charge >= 0.3 is 0 Å². The van der Waals surface area contributed by atoms with Gasteiger partial charge < -0.3 is 9.84 Å². The number of hydrogen-bond acceptors (Lipinski definition) is 6. The number of anilines is 1. The van der Waals surface area contributed by atoms with Crippen molar-refractivity contribution >= 4 is 23.5 Å². The monoisotopic (exact) mass is 331 g/mol. The van der Waals surface area contributed by atoms with E-state index in [0.717, 1.165) is 5.56 Å². The van der Waals surface area contributed by atoms with Crippen molar-refractivity contribution < 1.29 is 14.6 Å². The number of benzene rings is 1.